The molecule has 2 N–H and O–H groups in total. The minimum absolute atomic E-state index is 0.330. The Hall–Kier alpha value is -2.92. The first-order valence-electron chi connectivity index (χ1n) is 7.36. The molecule has 0 saturated heterocycles. The number of nitrogens with zero attached hydrogens (tertiary/aromatic N) is 3. The van der Waals surface area contributed by atoms with Gasteiger partial charge in [-0.15, -0.1) is 0 Å². The first-order valence-corrected chi connectivity index (χ1v) is 7.73. The van der Waals surface area contributed by atoms with Crippen LogP contribution >= 0.6 is 11.6 Å². The van der Waals surface area contributed by atoms with Gasteiger partial charge in [0.2, 0.25) is 0 Å². The molecule has 0 bridgehead atoms. The summed E-state index contributed by atoms with van der Waals surface area (Å²) >= 11 is 6.39. The van der Waals surface area contributed by atoms with Crippen LogP contribution in [0.4, 0.5) is 5.82 Å². The van der Waals surface area contributed by atoms with Gasteiger partial charge in [-0.2, -0.15) is 0 Å². The van der Waals surface area contributed by atoms with Crippen molar-refractivity contribution in [3.63, 3.8) is 0 Å². The van der Waals surface area contributed by atoms with Crippen molar-refractivity contribution in [1.29, 1.82) is 0 Å². The summed E-state index contributed by atoms with van der Waals surface area (Å²) < 4.78 is 5.70. The van der Waals surface area contributed by atoms with E-state index in [1.165, 1.54) is 6.20 Å². The molecule has 5 nitrogen and oxygen atoms in total. The average molecular weight is 337 g/mol. The summed E-state index contributed by atoms with van der Waals surface area (Å²) in [6.07, 6.45) is 3.24. The van der Waals surface area contributed by atoms with Crippen molar-refractivity contribution >= 4 is 28.3 Å². The lowest BCUT2D eigenvalue weighted by atomic mass is 10.1. The number of aryl methyl sites for hydroxylation is 1. The minimum Gasteiger partial charge on any atom is -0.460 e. The maximum absolute atomic E-state index is 6.39. The van der Waals surface area contributed by atoms with Gasteiger partial charge in [0.25, 0.3) is 0 Å². The topological polar surface area (TPSA) is 77.8 Å². The molecule has 4 rings (SSSR count). The molecule has 0 radical (unpaired) electrons. The molecular formula is C18H13ClN4O. The van der Waals surface area contributed by atoms with Gasteiger partial charge in [-0.1, -0.05) is 17.7 Å². The van der Waals surface area contributed by atoms with Crippen LogP contribution in [0.25, 0.3) is 33.6 Å². The molecule has 24 heavy (non-hydrogen) atoms. The lowest BCUT2D eigenvalue weighted by Crippen LogP contribution is -1.98. The number of halogens is 1. The zero-order valence-electron chi connectivity index (χ0n) is 12.8. The lowest BCUT2D eigenvalue weighted by Gasteiger charge is -2.09. The SMILES string of the molecule is Cc1ccc(-c2nc(N)cnc2-c2cc(Cl)c3ncccc3c2)o1. The summed E-state index contributed by atoms with van der Waals surface area (Å²) in [5.74, 6) is 1.74. The third kappa shape index (κ3) is 2.49. The first-order chi connectivity index (χ1) is 11.6. The second kappa shape index (κ2) is 5.62. The fourth-order valence-electron chi connectivity index (χ4n) is 2.63. The Bertz CT molecular complexity index is 1060. The molecular weight excluding hydrogens is 324 g/mol. The van der Waals surface area contributed by atoms with Gasteiger partial charge in [-0.25, -0.2) is 9.97 Å². The van der Waals surface area contributed by atoms with E-state index < -0.39 is 0 Å². The lowest BCUT2D eigenvalue weighted by molar-refractivity contribution is 0.546. The van der Waals surface area contributed by atoms with Crippen molar-refractivity contribution < 1.29 is 4.42 Å². The predicted molar refractivity (Wildman–Crippen MR) is 94.6 cm³/mol. The van der Waals surface area contributed by atoms with Crippen molar-refractivity contribution in [3.8, 4) is 22.7 Å². The van der Waals surface area contributed by atoms with Crippen LogP contribution < -0.4 is 5.73 Å². The van der Waals surface area contributed by atoms with E-state index in [1.54, 1.807) is 6.20 Å². The highest BCUT2D eigenvalue weighted by Crippen LogP contribution is 2.34. The number of nitrogen functional groups attached to an aromatic ring is 1. The molecule has 0 aliphatic rings. The van der Waals surface area contributed by atoms with Gasteiger partial charge < -0.3 is 10.2 Å². The number of furan rings is 1. The summed E-state index contributed by atoms with van der Waals surface area (Å²) in [6.45, 7) is 1.88. The summed E-state index contributed by atoms with van der Waals surface area (Å²) in [5.41, 5.74) is 8.65. The van der Waals surface area contributed by atoms with E-state index in [0.717, 1.165) is 22.2 Å². The smallest absolute Gasteiger partial charge is 0.154 e. The quantitative estimate of drug-likeness (QED) is 0.583. The number of aromatic nitrogens is 3. The van der Waals surface area contributed by atoms with Crippen LogP contribution in [-0.2, 0) is 0 Å². The molecule has 0 aliphatic carbocycles. The normalized spacial score (nSPS) is 11.1. The molecule has 6 heteroatoms. The van der Waals surface area contributed by atoms with Gasteiger partial charge in [0, 0.05) is 17.1 Å². The Morgan fingerprint density at radius 2 is 1.96 bits per heavy atom. The standard InChI is InChI=1S/C18H13ClN4O/c1-10-4-5-14(24-10)18-17(22-9-15(20)23-18)12-7-11-3-2-6-21-16(11)13(19)8-12/h2-9H,1H3,(H2,20,23). The molecule has 0 saturated carbocycles. The third-order valence-corrected chi connectivity index (χ3v) is 3.98. The molecule has 0 fully saturated rings. The van der Waals surface area contributed by atoms with Crippen molar-refractivity contribution in [3.05, 3.63) is 59.6 Å². The summed E-state index contributed by atoms with van der Waals surface area (Å²) in [5, 5.41) is 1.49. The first kappa shape index (κ1) is 14.7. The number of nitrogens with two attached hydrogens (primary N) is 1. The second-order valence-electron chi connectivity index (χ2n) is 5.44. The van der Waals surface area contributed by atoms with Crippen LogP contribution in [0.3, 0.4) is 0 Å². The number of hydrogen-bond acceptors (Lipinski definition) is 5. The molecule has 3 aromatic heterocycles. The second-order valence-corrected chi connectivity index (χ2v) is 5.84. The maximum Gasteiger partial charge on any atom is 0.154 e. The van der Waals surface area contributed by atoms with E-state index in [2.05, 4.69) is 15.0 Å². The molecule has 4 aromatic rings. The number of hydrogen-bond donors (Lipinski definition) is 1. The van der Waals surface area contributed by atoms with Gasteiger partial charge in [-0.05, 0) is 37.3 Å². The molecule has 118 valence electrons. The summed E-state index contributed by atoms with van der Waals surface area (Å²) in [4.78, 5) is 13.2. The van der Waals surface area contributed by atoms with Gasteiger partial charge in [0.05, 0.1) is 22.4 Å². The van der Waals surface area contributed by atoms with Crippen LogP contribution in [0.2, 0.25) is 5.02 Å². The minimum atomic E-state index is 0.330. The molecule has 0 unspecified atom stereocenters. The number of rotatable bonds is 2. The highest BCUT2D eigenvalue weighted by atomic mass is 35.5. The number of pyridine rings is 1. The van der Waals surface area contributed by atoms with Crippen molar-refractivity contribution in [2.45, 2.75) is 6.92 Å². The monoisotopic (exact) mass is 336 g/mol. The van der Waals surface area contributed by atoms with E-state index in [0.29, 0.717) is 28.0 Å². The van der Waals surface area contributed by atoms with Crippen LogP contribution in [0.1, 0.15) is 5.76 Å². The highest BCUT2D eigenvalue weighted by molar-refractivity contribution is 6.35. The fraction of sp³-hybridized carbons (Fsp3) is 0.0556. The highest BCUT2D eigenvalue weighted by Gasteiger charge is 2.16. The summed E-state index contributed by atoms with van der Waals surface area (Å²) in [7, 11) is 0. The van der Waals surface area contributed by atoms with Crippen molar-refractivity contribution in [1.82, 2.24) is 15.0 Å². The Labute approximate surface area is 143 Å². The van der Waals surface area contributed by atoms with E-state index in [9.17, 15) is 0 Å². The molecule has 3 heterocycles. The Kier molecular flexibility index (Phi) is 3.43. The Balaban J connectivity index is 1.97. The molecule has 0 atom stereocenters. The Morgan fingerprint density at radius 1 is 1.08 bits per heavy atom. The van der Waals surface area contributed by atoms with E-state index >= 15 is 0 Å². The number of benzene rings is 1. The van der Waals surface area contributed by atoms with Crippen molar-refractivity contribution in [2.75, 3.05) is 5.73 Å². The van der Waals surface area contributed by atoms with Crippen LogP contribution in [0.15, 0.2) is 53.2 Å². The van der Waals surface area contributed by atoms with Crippen molar-refractivity contribution in [2.24, 2.45) is 0 Å². The van der Waals surface area contributed by atoms with E-state index in [-0.39, 0.29) is 0 Å². The Morgan fingerprint density at radius 3 is 2.75 bits per heavy atom. The number of fused-ring (bicyclic) bond motifs is 1. The van der Waals surface area contributed by atoms with E-state index in [4.69, 9.17) is 21.8 Å². The molecule has 0 spiro atoms. The van der Waals surface area contributed by atoms with Gasteiger partial charge in [0.15, 0.2) is 5.76 Å². The maximum atomic E-state index is 6.39. The largest absolute Gasteiger partial charge is 0.460 e. The summed E-state index contributed by atoms with van der Waals surface area (Å²) in [6, 6.07) is 11.4. The molecule has 0 amide bonds. The van der Waals surface area contributed by atoms with Gasteiger partial charge in [0.1, 0.15) is 17.3 Å². The van der Waals surface area contributed by atoms with Crippen LogP contribution in [-0.4, -0.2) is 15.0 Å². The average Bonchev–Trinajstić information content (AvgIpc) is 3.01. The number of anilines is 1. The van der Waals surface area contributed by atoms with Gasteiger partial charge in [-0.3, -0.25) is 4.98 Å². The van der Waals surface area contributed by atoms with Crippen LogP contribution in [0, 0.1) is 6.92 Å². The fourth-order valence-corrected chi connectivity index (χ4v) is 2.91. The van der Waals surface area contributed by atoms with Gasteiger partial charge >= 0.3 is 0 Å². The zero-order chi connectivity index (χ0) is 16.7. The predicted octanol–water partition coefficient (Wildman–Crippen LogP) is 4.50. The molecule has 0 aliphatic heterocycles. The zero-order valence-corrected chi connectivity index (χ0v) is 13.6. The van der Waals surface area contributed by atoms with E-state index in [1.807, 2.05) is 43.3 Å². The van der Waals surface area contributed by atoms with Crippen LogP contribution in [0.5, 0.6) is 0 Å². The third-order valence-electron chi connectivity index (χ3n) is 3.70. The molecule has 1 aromatic carbocycles.